The van der Waals surface area contributed by atoms with Crippen molar-refractivity contribution in [1.29, 1.82) is 0 Å². The number of rotatable bonds is 4. The minimum atomic E-state index is 0.861. The molecule has 5 heterocycles. The zero-order valence-electron chi connectivity index (χ0n) is 15.4. The highest BCUT2D eigenvalue weighted by Crippen LogP contribution is 2.23. The van der Waals surface area contributed by atoms with Crippen molar-refractivity contribution in [2.75, 3.05) is 24.5 Å². The Balaban J connectivity index is 1.24. The van der Waals surface area contributed by atoms with Gasteiger partial charge in [0.05, 0.1) is 23.1 Å². The van der Waals surface area contributed by atoms with E-state index in [2.05, 4.69) is 34.9 Å². The first kappa shape index (κ1) is 16.4. The molecule has 27 heavy (non-hydrogen) atoms. The molecular weight excluding hydrogens is 340 g/mol. The van der Waals surface area contributed by atoms with Crippen molar-refractivity contribution in [3.8, 4) is 11.4 Å². The van der Waals surface area contributed by atoms with Crippen molar-refractivity contribution in [3.05, 3.63) is 41.7 Å². The van der Waals surface area contributed by atoms with Gasteiger partial charge in [-0.05, 0) is 19.3 Å². The topological polar surface area (TPSA) is 89.6 Å². The largest absolute Gasteiger partial charge is 0.341 e. The molecule has 0 aliphatic carbocycles. The number of fused-ring (bicyclic) bond motifs is 1. The normalized spacial score (nSPS) is 17.9. The molecule has 140 valence electrons. The quantitative estimate of drug-likeness (QED) is 0.737. The summed E-state index contributed by atoms with van der Waals surface area (Å²) in [5, 5.41) is 6.84. The van der Waals surface area contributed by atoms with E-state index in [-0.39, 0.29) is 0 Å². The molecule has 0 bridgehead atoms. The molecule has 2 aliphatic heterocycles. The zero-order chi connectivity index (χ0) is 18.1. The van der Waals surface area contributed by atoms with Gasteiger partial charge in [-0.1, -0.05) is 0 Å². The van der Waals surface area contributed by atoms with Gasteiger partial charge in [-0.2, -0.15) is 5.10 Å². The number of anilines is 1. The third-order valence-corrected chi connectivity index (χ3v) is 5.42. The van der Waals surface area contributed by atoms with E-state index in [1.807, 2.05) is 18.6 Å². The molecule has 3 aromatic rings. The molecule has 8 heteroatoms. The van der Waals surface area contributed by atoms with E-state index in [4.69, 9.17) is 4.98 Å². The van der Waals surface area contributed by atoms with Crippen LogP contribution in [0.3, 0.4) is 0 Å². The van der Waals surface area contributed by atoms with Gasteiger partial charge in [-0.3, -0.25) is 10.00 Å². The number of piperidine rings is 1. The summed E-state index contributed by atoms with van der Waals surface area (Å²) >= 11 is 0. The molecule has 1 fully saturated rings. The predicted molar refractivity (Wildman–Crippen MR) is 102 cm³/mol. The Labute approximate surface area is 158 Å². The summed E-state index contributed by atoms with van der Waals surface area (Å²) in [5.74, 6) is 1.77. The summed E-state index contributed by atoms with van der Waals surface area (Å²) in [6, 6.07) is 0. The Hall–Kier alpha value is -2.74. The molecule has 2 N–H and O–H groups in total. The summed E-state index contributed by atoms with van der Waals surface area (Å²) in [5.41, 5.74) is 4.52. The zero-order valence-corrected chi connectivity index (χ0v) is 15.4. The average Bonchev–Trinajstić information content (AvgIpc) is 3.38. The highest BCUT2D eigenvalue weighted by molar-refractivity contribution is 5.53. The van der Waals surface area contributed by atoms with E-state index in [0.717, 1.165) is 62.0 Å². The van der Waals surface area contributed by atoms with Crippen molar-refractivity contribution in [1.82, 2.24) is 35.0 Å². The Morgan fingerprint density at radius 1 is 1.00 bits per heavy atom. The maximum absolute atomic E-state index is 4.73. The van der Waals surface area contributed by atoms with Crippen molar-refractivity contribution < 1.29 is 0 Å². The van der Waals surface area contributed by atoms with Gasteiger partial charge >= 0.3 is 0 Å². The predicted octanol–water partition coefficient (Wildman–Crippen LogP) is 2.14. The maximum Gasteiger partial charge on any atom is 0.225 e. The van der Waals surface area contributed by atoms with E-state index in [9.17, 15) is 0 Å². The minimum Gasteiger partial charge on any atom is -0.341 e. The molecule has 0 amide bonds. The number of imidazole rings is 1. The number of hydrogen-bond donors (Lipinski definition) is 2. The van der Waals surface area contributed by atoms with Crippen molar-refractivity contribution in [3.63, 3.8) is 0 Å². The fourth-order valence-electron chi connectivity index (χ4n) is 3.95. The van der Waals surface area contributed by atoms with Gasteiger partial charge in [0, 0.05) is 63.3 Å². The van der Waals surface area contributed by atoms with Gasteiger partial charge in [0.2, 0.25) is 5.95 Å². The van der Waals surface area contributed by atoms with Crippen LogP contribution in [0.1, 0.15) is 36.2 Å². The number of aromatic amines is 2. The summed E-state index contributed by atoms with van der Waals surface area (Å²) in [7, 11) is 0. The van der Waals surface area contributed by atoms with Crippen LogP contribution >= 0.6 is 0 Å². The van der Waals surface area contributed by atoms with E-state index in [1.54, 1.807) is 6.20 Å². The summed E-state index contributed by atoms with van der Waals surface area (Å²) < 4.78 is 0. The fraction of sp³-hybridized carbons (Fsp3) is 0.474. The summed E-state index contributed by atoms with van der Waals surface area (Å²) in [6.45, 7) is 4.88. The number of nitrogens with zero attached hydrogens (tertiary/aromatic N) is 6. The van der Waals surface area contributed by atoms with Crippen molar-refractivity contribution in [2.24, 2.45) is 0 Å². The Morgan fingerprint density at radius 2 is 1.85 bits per heavy atom. The molecule has 2 aliphatic rings. The summed E-state index contributed by atoms with van der Waals surface area (Å²) in [6.07, 6.45) is 12.4. The van der Waals surface area contributed by atoms with Crippen LogP contribution in [0.5, 0.6) is 0 Å². The summed E-state index contributed by atoms with van der Waals surface area (Å²) in [4.78, 5) is 22.1. The minimum absolute atomic E-state index is 0.861. The molecule has 0 atom stereocenters. The van der Waals surface area contributed by atoms with Crippen LogP contribution < -0.4 is 4.90 Å². The standard InChI is InChI=1S/C19H24N8/c1-2-5-27(6-3-1)19-20-8-14(9-21-19)12-26-7-4-16-17(13-26)25-18(24-16)15-10-22-23-11-15/h8-11H,1-7,12-13H2,(H,22,23)(H,24,25). The smallest absolute Gasteiger partial charge is 0.225 e. The fourth-order valence-corrected chi connectivity index (χ4v) is 3.95. The molecule has 8 nitrogen and oxygen atoms in total. The molecule has 0 spiro atoms. The maximum atomic E-state index is 4.73. The molecule has 0 aromatic carbocycles. The van der Waals surface area contributed by atoms with Gasteiger partial charge in [-0.25, -0.2) is 15.0 Å². The molecular formula is C19H24N8. The number of aromatic nitrogens is 6. The first-order valence-electron chi connectivity index (χ1n) is 9.70. The number of hydrogen-bond acceptors (Lipinski definition) is 6. The van der Waals surface area contributed by atoms with E-state index >= 15 is 0 Å². The highest BCUT2D eigenvalue weighted by Gasteiger charge is 2.21. The van der Waals surface area contributed by atoms with E-state index < -0.39 is 0 Å². The lowest BCUT2D eigenvalue weighted by Gasteiger charge is -2.27. The monoisotopic (exact) mass is 364 g/mol. The highest BCUT2D eigenvalue weighted by atomic mass is 15.2. The van der Waals surface area contributed by atoms with Crippen LogP contribution in [0.4, 0.5) is 5.95 Å². The van der Waals surface area contributed by atoms with Crippen LogP contribution in [-0.2, 0) is 19.5 Å². The first-order valence-corrected chi connectivity index (χ1v) is 9.70. The first-order chi connectivity index (χ1) is 13.3. The van der Waals surface area contributed by atoms with E-state index in [0.29, 0.717) is 0 Å². The Bertz CT molecular complexity index is 877. The second kappa shape index (κ2) is 7.11. The van der Waals surface area contributed by atoms with Gasteiger partial charge in [-0.15, -0.1) is 0 Å². The lowest BCUT2D eigenvalue weighted by atomic mass is 10.1. The lowest BCUT2D eigenvalue weighted by molar-refractivity contribution is 0.241. The molecule has 0 radical (unpaired) electrons. The second-order valence-corrected chi connectivity index (χ2v) is 7.40. The average molecular weight is 364 g/mol. The number of H-pyrrole nitrogens is 2. The molecule has 5 rings (SSSR count). The van der Waals surface area contributed by atoms with Crippen molar-refractivity contribution in [2.45, 2.75) is 38.8 Å². The number of nitrogens with one attached hydrogen (secondary N) is 2. The Kier molecular flexibility index (Phi) is 4.33. The molecule has 3 aromatic heterocycles. The molecule has 1 saturated heterocycles. The van der Waals surface area contributed by atoms with Crippen LogP contribution in [0.25, 0.3) is 11.4 Å². The van der Waals surface area contributed by atoms with Crippen LogP contribution in [-0.4, -0.2) is 54.7 Å². The van der Waals surface area contributed by atoms with Gasteiger partial charge in [0.1, 0.15) is 5.82 Å². The lowest BCUT2D eigenvalue weighted by Crippen LogP contribution is -2.31. The van der Waals surface area contributed by atoms with Crippen molar-refractivity contribution >= 4 is 5.95 Å². The van der Waals surface area contributed by atoms with Gasteiger partial charge in [0.25, 0.3) is 0 Å². The van der Waals surface area contributed by atoms with Crippen LogP contribution in [0.15, 0.2) is 24.8 Å². The Morgan fingerprint density at radius 3 is 2.63 bits per heavy atom. The van der Waals surface area contributed by atoms with Gasteiger partial charge < -0.3 is 9.88 Å². The molecule has 0 saturated carbocycles. The third-order valence-electron chi connectivity index (χ3n) is 5.42. The third kappa shape index (κ3) is 3.44. The molecule has 0 unspecified atom stereocenters. The van der Waals surface area contributed by atoms with Gasteiger partial charge in [0.15, 0.2) is 0 Å². The SMILES string of the molecule is c1nc(N2CCCCC2)ncc1CN1CCc2nc(-c3cn[nH]c3)[nH]c2C1. The second-order valence-electron chi connectivity index (χ2n) is 7.40. The van der Waals surface area contributed by atoms with E-state index in [1.165, 1.54) is 30.7 Å². The van der Waals surface area contributed by atoms with Crippen LogP contribution in [0.2, 0.25) is 0 Å². The van der Waals surface area contributed by atoms with Crippen LogP contribution in [0, 0.1) is 0 Å².